The minimum Gasteiger partial charge on any atom is -0.456 e. The highest BCUT2D eigenvalue weighted by Crippen LogP contribution is 2.63. The molecule has 0 atom stereocenters. The molecule has 2 aliphatic rings. The molecule has 3 nitrogen and oxygen atoms in total. The predicted octanol–water partition coefficient (Wildman–Crippen LogP) is 17.0. The van der Waals surface area contributed by atoms with E-state index < -0.39 is 0 Å². The fourth-order valence-corrected chi connectivity index (χ4v) is 11.5. The average molecular weight is 835 g/mol. The molecular formula is C62H46N2O. The maximum Gasteiger partial charge on any atom is 0.137 e. The largest absolute Gasteiger partial charge is 0.456 e. The molecule has 0 radical (unpaired) electrons. The molecule has 0 saturated heterocycles. The van der Waals surface area contributed by atoms with Gasteiger partial charge < -0.3 is 13.9 Å². The van der Waals surface area contributed by atoms with E-state index in [0.717, 1.165) is 55.7 Å². The van der Waals surface area contributed by atoms with Crippen LogP contribution >= 0.6 is 0 Å². The van der Waals surface area contributed by atoms with E-state index in [-0.39, 0.29) is 10.8 Å². The first kappa shape index (κ1) is 37.7. The Morgan fingerprint density at radius 2 is 0.908 bits per heavy atom. The number of hydrogen-bond donors (Lipinski definition) is 0. The van der Waals surface area contributed by atoms with E-state index in [1.165, 1.54) is 66.4 Å². The SMILES string of the molecule is CC1(C)C2=C(c3ccccc31)C(C)(C)c1cc(N(c3ccc(-c4ccc(-c5ccccc5)cc4)cc3)c3ccc4c(c3)c3ccccc3n4-c3ccc4c(c3)oc3ccccc34)ccc12. The number of hydrogen-bond acceptors (Lipinski definition) is 2. The molecule has 2 aromatic heterocycles. The van der Waals surface area contributed by atoms with Gasteiger partial charge in [-0.15, -0.1) is 0 Å². The van der Waals surface area contributed by atoms with Gasteiger partial charge >= 0.3 is 0 Å². The predicted molar refractivity (Wildman–Crippen MR) is 273 cm³/mol. The average Bonchev–Trinajstić information content (AvgIpc) is 4.03. The molecule has 0 spiro atoms. The summed E-state index contributed by atoms with van der Waals surface area (Å²) >= 11 is 0. The van der Waals surface area contributed by atoms with Crippen LogP contribution in [0.15, 0.2) is 211 Å². The van der Waals surface area contributed by atoms with Crippen molar-refractivity contribution in [2.24, 2.45) is 0 Å². The van der Waals surface area contributed by atoms with Crippen LogP contribution in [-0.2, 0) is 10.8 Å². The number of allylic oxidation sites excluding steroid dienone is 2. The van der Waals surface area contributed by atoms with E-state index in [2.05, 4.69) is 231 Å². The van der Waals surface area contributed by atoms with Gasteiger partial charge in [-0.2, -0.15) is 0 Å². The van der Waals surface area contributed by atoms with E-state index in [9.17, 15) is 0 Å². The van der Waals surface area contributed by atoms with E-state index >= 15 is 0 Å². The highest BCUT2D eigenvalue weighted by atomic mass is 16.3. The Bertz CT molecular complexity index is 3750. The summed E-state index contributed by atoms with van der Waals surface area (Å²) in [4.78, 5) is 2.45. The smallest absolute Gasteiger partial charge is 0.137 e. The highest BCUT2D eigenvalue weighted by Gasteiger charge is 2.49. The highest BCUT2D eigenvalue weighted by molar-refractivity contribution is 6.12. The van der Waals surface area contributed by atoms with Crippen molar-refractivity contribution in [3.05, 3.63) is 229 Å². The number of anilines is 3. The lowest BCUT2D eigenvalue weighted by atomic mass is 9.76. The second kappa shape index (κ2) is 13.8. The van der Waals surface area contributed by atoms with Crippen molar-refractivity contribution in [3.63, 3.8) is 0 Å². The number of para-hydroxylation sites is 2. The second-order valence-electron chi connectivity index (χ2n) is 18.9. The Morgan fingerprint density at radius 3 is 1.68 bits per heavy atom. The van der Waals surface area contributed by atoms with Crippen molar-refractivity contribution in [2.75, 3.05) is 4.90 Å². The van der Waals surface area contributed by atoms with Gasteiger partial charge in [0.25, 0.3) is 0 Å². The van der Waals surface area contributed by atoms with Crippen molar-refractivity contribution in [3.8, 4) is 27.9 Å². The summed E-state index contributed by atoms with van der Waals surface area (Å²) in [5.74, 6) is 0. The van der Waals surface area contributed by atoms with Gasteiger partial charge in [0.1, 0.15) is 11.2 Å². The van der Waals surface area contributed by atoms with Crippen LogP contribution < -0.4 is 4.90 Å². The van der Waals surface area contributed by atoms with Crippen molar-refractivity contribution in [1.82, 2.24) is 4.57 Å². The number of furan rings is 1. The van der Waals surface area contributed by atoms with E-state index in [1.807, 2.05) is 12.1 Å². The zero-order valence-electron chi connectivity index (χ0n) is 36.9. The number of fused-ring (bicyclic) bond motifs is 10. The summed E-state index contributed by atoms with van der Waals surface area (Å²) in [7, 11) is 0. The van der Waals surface area contributed by atoms with Gasteiger partial charge in [0.05, 0.1) is 11.0 Å². The first-order chi connectivity index (χ1) is 31.7. The van der Waals surface area contributed by atoms with Gasteiger partial charge in [-0.3, -0.25) is 0 Å². The maximum absolute atomic E-state index is 6.40. The molecule has 9 aromatic carbocycles. The fraction of sp³-hybridized carbons (Fsp3) is 0.0968. The molecule has 0 bridgehead atoms. The maximum atomic E-state index is 6.40. The standard InChI is InChI=1S/C62H46N2O/c1-61(2)53-19-11-8-18-50(53)59-60(61)51-34-31-45(37-54(51)62(59,3)4)63(43-28-26-42(27-29-43)41-24-22-40(23-25-41)39-14-6-5-7-15-39)44-32-35-56-52(36-44)47-16-9-12-20-55(47)64(56)46-30-33-49-48-17-10-13-21-57(48)65-58(49)38-46/h5-38H,1-4H3. The molecule has 0 saturated carbocycles. The molecule has 0 amide bonds. The minimum atomic E-state index is -0.176. The molecule has 2 heterocycles. The topological polar surface area (TPSA) is 21.3 Å². The van der Waals surface area contributed by atoms with Gasteiger partial charge in [0.2, 0.25) is 0 Å². The lowest BCUT2D eigenvalue weighted by molar-refractivity contribution is 0.668. The third kappa shape index (κ3) is 5.55. The quantitative estimate of drug-likeness (QED) is 0.166. The summed E-state index contributed by atoms with van der Waals surface area (Å²) in [6.45, 7) is 9.64. The summed E-state index contributed by atoms with van der Waals surface area (Å²) in [5.41, 5.74) is 21.6. The van der Waals surface area contributed by atoms with Gasteiger partial charge in [0, 0.05) is 61.2 Å². The molecular weight excluding hydrogens is 789 g/mol. The minimum absolute atomic E-state index is 0.0844. The van der Waals surface area contributed by atoms with Gasteiger partial charge in [0.15, 0.2) is 0 Å². The first-order valence-electron chi connectivity index (χ1n) is 22.7. The van der Waals surface area contributed by atoms with Crippen LogP contribution in [0.25, 0.3) is 82.8 Å². The molecule has 0 unspecified atom stereocenters. The molecule has 0 N–H and O–H groups in total. The zero-order valence-corrected chi connectivity index (χ0v) is 36.9. The van der Waals surface area contributed by atoms with E-state index in [1.54, 1.807) is 0 Å². The third-order valence-corrected chi connectivity index (χ3v) is 14.6. The van der Waals surface area contributed by atoms with Crippen LogP contribution in [0, 0.1) is 0 Å². The molecule has 11 aromatic rings. The second-order valence-corrected chi connectivity index (χ2v) is 18.9. The zero-order chi connectivity index (χ0) is 43.6. The Kier molecular flexibility index (Phi) is 8.00. The molecule has 13 rings (SSSR count). The van der Waals surface area contributed by atoms with Crippen LogP contribution in [0.3, 0.4) is 0 Å². The lowest BCUT2D eigenvalue weighted by Crippen LogP contribution is -2.20. The molecule has 65 heavy (non-hydrogen) atoms. The van der Waals surface area contributed by atoms with Gasteiger partial charge in [-0.1, -0.05) is 161 Å². The van der Waals surface area contributed by atoms with Crippen LogP contribution in [0.2, 0.25) is 0 Å². The van der Waals surface area contributed by atoms with Crippen LogP contribution in [-0.4, -0.2) is 4.57 Å². The lowest BCUT2D eigenvalue weighted by Gasteiger charge is -2.31. The summed E-state index contributed by atoms with van der Waals surface area (Å²) in [6, 6.07) is 75.5. The van der Waals surface area contributed by atoms with E-state index in [0.29, 0.717) is 0 Å². The molecule has 3 heteroatoms. The first-order valence-corrected chi connectivity index (χ1v) is 22.7. The Balaban J connectivity index is 0.959. The number of aromatic nitrogens is 1. The Labute approximate surface area is 379 Å². The van der Waals surface area contributed by atoms with Crippen molar-refractivity contribution < 1.29 is 4.42 Å². The molecule has 2 aliphatic carbocycles. The fourth-order valence-electron chi connectivity index (χ4n) is 11.5. The van der Waals surface area contributed by atoms with Crippen molar-refractivity contribution >= 4 is 72.0 Å². The molecule has 0 fully saturated rings. The van der Waals surface area contributed by atoms with Crippen LogP contribution in [0.5, 0.6) is 0 Å². The summed E-state index contributed by atoms with van der Waals surface area (Å²) in [6.07, 6.45) is 0. The van der Waals surface area contributed by atoms with Crippen LogP contribution in [0.4, 0.5) is 17.1 Å². The van der Waals surface area contributed by atoms with Crippen LogP contribution in [0.1, 0.15) is 49.9 Å². The number of benzene rings is 9. The molecule has 0 aliphatic heterocycles. The van der Waals surface area contributed by atoms with Gasteiger partial charge in [-0.25, -0.2) is 0 Å². The van der Waals surface area contributed by atoms with E-state index in [4.69, 9.17) is 4.42 Å². The summed E-state index contributed by atoms with van der Waals surface area (Å²) in [5, 5.41) is 4.67. The van der Waals surface area contributed by atoms with Crippen molar-refractivity contribution in [1.29, 1.82) is 0 Å². The van der Waals surface area contributed by atoms with Crippen molar-refractivity contribution in [2.45, 2.75) is 38.5 Å². The third-order valence-electron chi connectivity index (χ3n) is 14.6. The van der Waals surface area contributed by atoms with Gasteiger partial charge in [-0.05, 0) is 122 Å². The summed E-state index contributed by atoms with van der Waals surface area (Å²) < 4.78 is 8.78. The number of rotatable bonds is 6. The Hall–Kier alpha value is -7.88. The normalized spacial score (nSPS) is 14.6. The molecule has 310 valence electrons. The monoisotopic (exact) mass is 834 g/mol. The number of nitrogens with zero attached hydrogens (tertiary/aromatic N) is 2. The Morgan fingerprint density at radius 1 is 0.369 bits per heavy atom.